The lowest BCUT2D eigenvalue weighted by Crippen LogP contribution is -2.46. The van der Waals surface area contributed by atoms with Gasteiger partial charge in [0.05, 0.1) is 0 Å². The van der Waals surface area contributed by atoms with Crippen molar-refractivity contribution >= 4 is 0 Å². The van der Waals surface area contributed by atoms with E-state index in [2.05, 4.69) is 33.0 Å². The second-order valence-corrected chi connectivity index (χ2v) is 4.34. The van der Waals surface area contributed by atoms with Gasteiger partial charge in [0.15, 0.2) is 0 Å². The van der Waals surface area contributed by atoms with Crippen LogP contribution in [0.15, 0.2) is 0 Å². The van der Waals surface area contributed by atoms with Crippen molar-refractivity contribution in [2.75, 3.05) is 0 Å². The Bertz CT molecular complexity index is 120. The summed E-state index contributed by atoms with van der Waals surface area (Å²) in [6.07, 6.45) is 2.76. The fourth-order valence-electron chi connectivity index (χ4n) is 2.26. The summed E-state index contributed by atoms with van der Waals surface area (Å²) in [5.74, 6) is 1.73. The van der Waals surface area contributed by atoms with Crippen LogP contribution in [0.3, 0.4) is 0 Å². The lowest BCUT2D eigenvalue weighted by atomic mass is 9.81. The molecule has 0 aromatic rings. The molecule has 0 aromatic carbocycles. The van der Waals surface area contributed by atoms with Gasteiger partial charge in [0, 0.05) is 12.1 Å². The van der Waals surface area contributed by atoms with Crippen molar-refractivity contribution in [3.63, 3.8) is 0 Å². The van der Waals surface area contributed by atoms with Crippen molar-refractivity contribution in [2.24, 2.45) is 11.8 Å². The third-order valence-corrected chi connectivity index (χ3v) is 2.98. The molecule has 11 heavy (non-hydrogen) atoms. The van der Waals surface area contributed by atoms with Gasteiger partial charge in [-0.3, -0.25) is 0 Å². The first kappa shape index (κ1) is 9.05. The maximum atomic E-state index is 3.61. The highest BCUT2D eigenvalue weighted by Gasteiger charge is 2.26. The van der Waals surface area contributed by atoms with Gasteiger partial charge in [-0.05, 0) is 38.5 Å². The van der Waals surface area contributed by atoms with E-state index in [-0.39, 0.29) is 0 Å². The van der Waals surface area contributed by atoms with Crippen molar-refractivity contribution in [2.45, 2.75) is 52.6 Å². The molecule has 0 aromatic heterocycles. The van der Waals surface area contributed by atoms with Crippen LogP contribution in [0.4, 0.5) is 0 Å². The van der Waals surface area contributed by atoms with Crippen LogP contribution in [0, 0.1) is 11.8 Å². The Hall–Kier alpha value is -0.0400. The minimum atomic E-state index is 0.721. The lowest BCUT2D eigenvalue weighted by Gasteiger charge is -2.36. The summed E-state index contributed by atoms with van der Waals surface area (Å²) < 4.78 is 0. The Morgan fingerprint density at radius 1 is 1.18 bits per heavy atom. The number of hydrogen-bond donors (Lipinski definition) is 1. The fraction of sp³-hybridized carbons (Fsp3) is 1.00. The van der Waals surface area contributed by atoms with Gasteiger partial charge >= 0.3 is 0 Å². The quantitative estimate of drug-likeness (QED) is 0.613. The summed E-state index contributed by atoms with van der Waals surface area (Å²) in [4.78, 5) is 0. The van der Waals surface area contributed by atoms with Gasteiger partial charge in [0.25, 0.3) is 0 Å². The smallest absolute Gasteiger partial charge is 0.00719 e. The predicted molar refractivity (Wildman–Crippen MR) is 49.6 cm³/mol. The topological polar surface area (TPSA) is 12.0 Å². The molecule has 0 spiro atoms. The zero-order valence-electron chi connectivity index (χ0n) is 8.22. The maximum Gasteiger partial charge on any atom is 0.00719 e. The van der Waals surface area contributed by atoms with Gasteiger partial charge < -0.3 is 5.32 Å². The first-order valence-corrected chi connectivity index (χ1v) is 4.87. The van der Waals surface area contributed by atoms with Crippen LogP contribution in [-0.2, 0) is 0 Å². The Balaban J connectivity index is 2.44. The van der Waals surface area contributed by atoms with Crippen molar-refractivity contribution < 1.29 is 0 Å². The molecule has 0 aliphatic carbocycles. The van der Waals surface area contributed by atoms with Crippen LogP contribution in [0.1, 0.15) is 40.5 Å². The van der Waals surface area contributed by atoms with E-state index < -0.39 is 0 Å². The summed E-state index contributed by atoms with van der Waals surface area (Å²) >= 11 is 0. The molecule has 3 atom stereocenters. The largest absolute Gasteiger partial charge is 0.311 e. The molecule has 0 amide bonds. The standard InChI is InChI=1S/C10H21N/c1-7(2)10-6-5-8(3)11-9(10)4/h7-11H,5-6H2,1-4H3. The van der Waals surface area contributed by atoms with E-state index in [0.29, 0.717) is 0 Å². The predicted octanol–water partition coefficient (Wildman–Crippen LogP) is 2.42. The highest BCUT2D eigenvalue weighted by atomic mass is 15.0. The second kappa shape index (κ2) is 3.57. The summed E-state index contributed by atoms with van der Waals surface area (Å²) in [5.41, 5.74) is 0. The first-order valence-electron chi connectivity index (χ1n) is 4.87. The number of piperidine rings is 1. The van der Waals surface area contributed by atoms with Crippen molar-refractivity contribution in [1.29, 1.82) is 0 Å². The number of nitrogens with one attached hydrogen (secondary N) is 1. The summed E-state index contributed by atoms with van der Waals surface area (Å²) in [6.45, 7) is 9.27. The van der Waals surface area contributed by atoms with E-state index in [4.69, 9.17) is 0 Å². The van der Waals surface area contributed by atoms with Crippen molar-refractivity contribution in [3.05, 3.63) is 0 Å². The molecule has 1 heterocycles. The van der Waals surface area contributed by atoms with E-state index in [0.717, 1.165) is 23.9 Å². The van der Waals surface area contributed by atoms with Gasteiger partial charge in [-0.25, -0.2) is 0 Å². The van der Waals surface area contributed by atoms with Crippen LogP contribution in [0.25, 0.3) is 0 Å². The Kier molecular flexibility index (Phi) is 2.94. The normalized spacial score (nSPS) is 39.5. The van der Waals surface area contributed by atoms with Crippen LogP contribution < -0.4 is 5.32 Å². The Morgan fingerprint density at radius 3 is 2.27 bits per heavy atom. The van der Waals surface area contributed by atoms with Crippen molar-refractivity contribution in [1.82, 2.24) is 5.32 Å². The fourth-order valence-corrected chi connectivity index (χ4v) is 2.26. The average Bonchev–Trinajstić information content (AvgIpc) is 1.85. The van der Waals surface area contributed by atoms with Gasteiger partial charge in [-0.15, -0.1) is 0 Å². The van der Waals surface area contributed by atoms with Gasteiger partial charge in [0.1, 0.15) is 0 Å². The highest BCUT2D eigenvalue weighted by Crippen LogP contribution is 2.26. The minimum absolute atomic E-state index is 0.721. The molecular formula is C10H21N. The number of hydrogen-bond acceptors (Lipinski definition) is 1. The van der Waals surface area contributed by atoms with E-state index in [1.165, 1.54) is 12.8 Å². The van der Waals surface area contributed by atoms with E-state index in [1.54, 1.807) is 0 Å². The van der Waals surface area contributed by atoms with Crippen LogP contribution in [0.5, 0.6) is 0 Å². The number of rotatable bonds is 1. The third-order valence-electron chi connectivity index (χ3n) is 2.98. The molecular weight excluding hydrogens is 134 g/mol. The Morgan fingerprint density at radius 2 is 1.82 bits per heavy atom. The molecule has 1 aliphatic heterocycles. The molecule has 1 fully saturated rings. The molecule has 3 unspecified atom stereocenters. The molecule has 0 bridgehead atoms. The third kappa shape index (κ3) is 2.19. The maximum absolute atomic E-state index is 3.61. The van der Waals surface area contributed by atoms with Gasteiger partial charge in [-0.2, -0.15) is 0 Å². The average molecular weight is 155 g/mol. The van der Waals surface area contributed by atoms with E-state index in [9.17, 15) is 0 Å². The van der Waals surface area contributed by atoms with E-state index >= 15 is 0 Å². The lowest BCUT2D eigenvalue weighted by molar-refractivity contribution is 0.200. The molecule has 1 saturated heterocycles. The molecule has 1 rings (SSSR count). The van der Waals surface area contributed by atoms with Gasteiger partial charge in [-0.1, -0.05) is 13.8 Å². The molecule has 1 N–H and O–H groups in total. The second-order valence-electron chi connectivity index (χ2n) is 4.34. The highest BCUT2D eigenvalue weighted by molar-refractivity contribution is 4.83. The van der Waals surface area contributed by atoms with E-state index in [1.807, 2.05) is 0 Å². The summed E-state index contributed by atoms with van der Waals surface area (Å²) in [7, 11) is 0. The SMILES string of the molecule is CC1CCC(C(C)C)C(C)N1. The minimum Gasteiger partial charge on any atom is -0.311 e. The monoisotopic (exact) mass is 155 g/mol. The summed E-state index contributed by atoms with van der Waals surface area (Å²) in [6, 6.07) is 1.46. The van der Waals surface area contributed by atoms with Crippen LogP contribution in [-0.4, -0.2) is 12.1 Å². The van der Waals surface area contributed by atoms with Crippen molar-refractivity contribution in [3.8, 4) is 0 Å². The molecule has 66 valence electrons. The first-order chi connectivity index (χ1) is 5.11. The zero-order chi connectivity index (χ0) is 8.43. The van der Waals surface area contributed by atoms with Crippen LogP contribution in [0.2, 0.25) is 0 Å². The molecule has 1 heteroatoms. The Labute approximate surface area is 70.6 Å². The molecule has 0 radical (unpaired) electrons. The van der Waals surface area contributed by atoms with Gasteiger partial charge in [0.2, 0.25) is 0 Å². The zero-order valence-corrected chi connectivity index (χ0v) is 8.22. The van der Waals surface area contributed by atoms with Crippen LogP contribution >= 0.6 is 0 Å². The molecule has 0 saturated carbocycles. The molecule has 1 nitrogen and oxygen atoms in total. The summed E-state index contributed by atoms with van der Waals surface area (Å²) in [5, 5.41) is 3.61. The molecule has 1 aliphatic rings.